The average Bonchev–Trinajstić information content (AvgIpc) is 1.23. The summed E-state index contributed by atoms with van der Waals surface area (Å²) in [7, 11) is 0. The molecule has 0 nitrogen and oxygen atoms in total. The zero-order chi connectivity index (χ0) is 91.3. The maximum absolute atomic E-state index is 2.48. The fourth-order valence-electron chi connectivity index (χ4n) is 16.3. The number of hydrogen-bond acceptors (Lipinski definition) is 16. The predicted molar refractivity (Wildman–Crippen MR) is 591 cm³/mol. The molecule has 0 unspecified atom stereocenters. The summed E-state index contributed by atoms with van der Waals surface area (Å²) in [5.41, 5.74) is 19.7. The van der Waals surface area contributed by atoms with Crippen molar-refractivity contribution in [1.29, 1.82) is 0 Å². The van der Waals surface area contributed by atoms with E-state index in [4.69, 9.17) is 0 Å². The van der Waals surface area contributed by atoms with Crippen LogP contribution in [0.1, 0.15) is 308 Å². The first-order valence-corrected chi connectivity index (χ1v) is 57.1. The van der Waals surface area contributed by atoms with Crippen molar-refractivity contribution >= 4 is 257 Å². The highest BCUT2D eigenvalue weighted by Gasteiger charge is 2.32. The van der Waals surface area contributed by atoms with Crippen LogP contribution in [0.4, 0.5) is 0 Å². The number of fused-ring (bicyclic) bond motifs is 8. The van der Waals surface area contributed by atoms with Crippen molar-refractivity contribution in [3.8, 4) is 10.4 Å². The van der Waals surface area contributed by atoms with Crippen molar-refractivity contribution in [3.63, 3.8) is 0 Å². The minimum Gasteiger partial charge on any atom is -0.143 e. The lowest BCUT2D eigenvalue weighted by molar-refractivity contribution is 0.412. The molecule has 17 aromatic rings. The van der Waals surface area contributed by atoms with Gasteiger partial charge in [-0.05, 0) is 301 Å². The topological polar surface area (TPSA) is 0 Å². The van der Waals surface area contributed by atoms with Gasteiger partial charge in [-0.2, -0.15) is 0 Å². The van der Waals surface area contributed by atoms with Crippen molar-refractivity contribution in [2.45, 2.75) is 336 Å². The van der Waals surface area contributed by atoms with Gasteiger partial charge >= 0.3 is 0 Å². The van der Waals surface area contributed by atoms with E-state index in [1.807, 2.05) is 181 Å². The molecule has 16 heteroatoms. The van der Waals surface area contributed by atoms with E-state index >= 15 is 0 Å². The molecule has 0 fully saturated rings. The minimum absolute atomic E-state index is 0.100. The Balaban J connectivity index is 0.000000149. The first-order valence-electron chi connectivity index (χ1n) is 44.0. The van der Waals surface area contributed by atoms with Gasteiger partial charge in [-0.15, -0.1) is 181 Å². The lowest BCUT2D eigenvalue weighted by Gasteiger charge is -2.33. The molecule has 0 saturated heterocycles. The molecule has 0 radical (unpaired) electrons. The SMILES string of the molecule is CCCc1c(C)sc2cc(C)sc12.CCc1c(C)sc2cc(C)sc12.Cc1cc2sc(C)c(C(C)(C)C)c2s1.Cc1cc2sc(C)c(C(C)C)c2s1.Cc1cc2sc(C)c(CC(C)(C)C)c2s1.Cc1cc2sc(C)c(CC(C)(C)C)c2s1.Cc1cc2sc(C)c(CC(C)C)c2s1.Cc1csc2cc(-c3c(C(C)(C)C)cc(C(C)(C)C)cc3C(C)(C)C)sc12. The summed E-state index contributed by atoms with van der Waals surface area (Å²) in [6, 6.07) is 23.6. The number of hydrogen-bond donors (Lipinski definition) is 0. The van der Waals surface area contributed by atoms with E-state index in [0.717, 1.165) is 5.92 Å². The van der Waals surface area contributed by atoms with E-state index in [0.29, 0.717) is 16.7 Å². The van der Waals surface area contributed by atoms with Crippen LogP contribution in [0.2, 0.25) is 0 Å². The van der Waals surface area contributed by atoms with Gasteiger partial charge in [0.2, 0.25) is 0 Å². The van der Waals surface area contributed by atoms with Crippen molar-refractivity contribution in [2.75, 3.05) is 0 Å². The van der Waals surface area contributed by atoms with Gasteiger partial charge in [-0.3, -0.25) is 0 Å². The van der Waals surface area contributed by atoms with Gasteiger partial charge in [0.25, 0.3) is 0 Å². The van der Waals surface area contributed by atoms with Crippen LogP contribution in [0, 0.1) is 121 Å². The van der Waals surface area contributed by atoms with Gasteiger partial charge in [0.05, 0.1) is 0 Å². The number of rotatable bonds is 9. The Kier molecular flexibility index (Phi) is 33.6. The second-order valence-corrected chi connectivity index (χ2v) is 60.7. The van der Waals surface area contributed by atoms with Crippen LogP contribution < -0.4 is 0 Å². The molecule has 0 atom stereocenters. The molecule has 17 rings (SSSR count). The first-order chi connectivity index (χ1) is 56.9. The van der Waals surface area contributed by atoms with Gasteiger partial charge in [0, 0.05) is 148 Å². The number of benzene rings is 1. The first kappa shape index (κ1) is 102. The van der Waals surface area contributed by atoms with Crippen LogP contribution in [0.5, 0.6) is 0 Å². The maximum atomic E-state index is 2.48. The molecule has 0 aliphatic carbocycles. The van der Waals surface area contributed by atoms with Gasteiger partial charge in [0.1, 0.15) is 0 Å². The quantitative estimate of drug-likeness (QED) is 0.135. The molecule has 0 amide bonds. The monoisotopic (exact) mass is 1940 g/mol. The Morgan fingerprint density at radius 2 is 0.618 bits per heavy atom. The molecule has 123 heavy (non-hydrogen) atoms. The molecule has 666 valence electrons. The van der Waals surface area contributed by atoms with Crippen LogP contribution >= 0.6 is 181 Å². The lowest BCUT2D eigenvalue weighted by atomic mass is 9.72. The zero-order valence-corrected chi connectivity index (χ0v) is 94.8. The van der Waals surface area contributed by atoms with E-state index in [2.05, 4.69) is 336 Å². The van der Waals surface area contributed by atoms with Gasteiger partial charge in [-0.1, -0.05) is 185 Å². The molecule has 0 spiro atoms. The Labute approximate surface area is 806 Å². The largest absolute Gasteiger partial charge is 0.143 e. The number of thiophene rings is 16. The van der Waals surface area contributed by atoms with Gasteiger partial charge in [0.15, 0.2) is 0 Å². The predicted octanol–water partition coefficient (Wildman–Crippen LogP) is 42.2. The van der Waals surface area contributed by atoms with Crippen LogP contribution in [0.3, 0.4) is 0 Å². The van der Waals surface area contributed by atoms with E-state index < -0.39 is 0 Å². The molecule has 0 aliphatic rings. The molecule has 0 saturated carbocycles. The normalized spacial score (nSPS) is 12.4. The highest BCUT2D eigenvalue weighted by Crippen LogP contribution is 2.51. The fourth-order valence-corrected chi connectivity index (χ4v) is 36.9. The van der Waals surface area contributed by atoms with E-state index in [-0.39, 0.29) is 21.7 Å². The second kappa shape index (κ2) is 40.7. The second-order valence-electron chi connectivity index (χ2n) is 41.1. The zero-order valence-electron chi connectivity index (χ0n) is 81.8. The summed E-state index contributed by atoms with van der Waals surface area (Å²) in [5, 5.41) is 2.28. The summed E-state index contributed by atoms with van der Waals surface area (Å²) in [6.45, 7) is 88.9. The van der Waals surface area contributed by atoms with Crippen molar-refractivity contribution in [3.05, 3.63) is 196 Å². The van der Waals surface area contributed by atoms with E-state index in [1.165, 1.54) is 205 Å². The Bertz CT molecular complexity index is 6270. The van der Waals surface area contributed by atoms with Crippen LogP contribution in [0.25, 0.3) is 85.6 Å². The van der Waals surface area contributed by atoms with Crippen molar-refractivity contribution in [1.82, 2.24) is 0 Å². The average molecular weight is 1940 g/mol. The lowest BCUT2D eigenvalue weighted by Crippen LogP contribution is -2.22. The Morgan fingerprint density at radius 3 is 0.967 bits per heavy atom. The van der Waals surface area contributed by atoms with Gasteiger partial charge < -0.3 is 0 Å². The molecule has 16 aromatic heterocycles. The maximum Gasteiger partial charge on any atom is 0.0493 e. The van der Waals surface area contributed by atoms with Crippen LogP contribution in [-0.4, -0.2) is 0 Å². The summed E-state index contributed by atoms with van der Waals surface area (Å²) in [6.07, 6.45) is 7.28. The van der Waals surface area contributed by atoms with Crippen LogP contribution in [-0.2, 0) is 53.8 Å². The summed E-state index contributed by atoms with van der Waals surface area (Å²) >= 11 is 31.1. The molecular weight excluding hydrogens is 1800 g/mol. The third-order valence-electron chi connectivity index (χ3n) is 21.8. The fraction of sp³-hybridized carbons (Fsp3) is 0.495. The highest BCUT2D eigenvalue weighted by atomic mass is 32.2. The standard InChI is InChI=1S/C25H34S2.2C13H18S2.2C12H16S2.2C11H14S2.C10H12S2/c1-15-14-26-20-13-19(27-22(15)20)21-17(24(5,6)7)11-16(23(2,3)4)12-18(21)25(8,9)10;2*1-8-6-11-12(14-8)10(9(2)15-11)7-13(3,4)5;1-7-6-9-11(13-7)10(8(2)14-9)12(3,4)5;1-7(2)5-10-9(4)14-11-6-8(3)13-12(10)11;1-6(2)10-8(4)13-9-5-7(3)12-11(9)10;1-4-5-9-8(3)13-10-6-7(2)12-11(9)10;1-4-8-7(3)12-9-5-6(2)11-10(8)9/h11-14H,1-10H3;2*6H,7H2,1-5H3;6H,1-5H3;6-7H,5H2,1-4H3;5-6H,1-4H3;6H,4-5H2,1-3H3;5H,4H2,1-3H3. The molecule has 0 N–H and O–H groups in total. The molecule has 0 bridgehead atoms. The summed E-state index contributed by atoms with van der Waals surface area (Å²) in [4.78, 5) is 22.0. The van der Waals surface area contributed by atoms with Crippen LogP contribution in [0.15, 0.2) is 66.0 Å². The summed E-state index contributed by atoms with van der Waals surface area (Å²) < 4.78 is 23.9. The summed E-state index contributed by atoms with van der Waals surface area (Å²) in [5.74, 6) is 1.42. The minimum atomic E-state index is 0.100. The molecule has 1 aromatic carbocycles. The Hall–Kier alpha value is -3.50. The number of aryl methyl sites for hydroxylation is 17. The Morgan fingerprint density at radius 1 is 0.293 bits per heavy atom. The smallest absolute Gasteiger partial charge is 0.0493 e. The molecule has 16 heterocycles. The molecule has 0 aliphatic heterocycles. The third kappa shape index (κ3) is 25.2. The van der Waals surface area contributed by atoms with Crippen molar-refractivity contribution in [2.24, 2.45) is 16.7 Å². The van der Waals surface area contributed by atoms with E-state index in [1.54, 1.807) is 48.3 Å². The molecular formula is C107H142S16. The van der Waals surface area contributed by atoms with Gasteiger partial charge in [-0.25, -0.2) is 0 Å². The highest BCUT2D eigenvalue weighted by molar-refractivity contribution is 7.32. The third-order valence-corrected chi connectivity index (χ3v) is 40.4. The van der Waals surface area contributed by atoms with E-state index in [9.17, 15) is 0 Å². The van der Waals surface area contributed by atoms with Crippen molar-refractivity contribution < 1.29 is 0 Å².